The third-order valence-corrected chi connectivity index (χ3v) is 4.83. The number of rotatable bonds is 4. The first-order valence-corrected chi connectivity index (χ1v) is 9.30. The summed E-state index contributed by atoms with van der Waals surface area (Å²) in [6, 6.07) is 10.3. The van der Waals surface area contributed by atoms with Gasteiger partial charge in [-0.1, -0.05) is 12.1 Å². The van der Waals surface area contributed by atoms with E-state index in [2.05, 4.69) is 42.6 Å². The zero-order valence-corrected chi connectivity index (χ0v) is 15.3. The molecule has 140 valence electrons. The van der Waals surface area contributed by atoms with Gasteiger partial charge < -0.3 is 15.5 Å². The number of hydrogen-bond donors (Lipinski definition) is 2. The maximum atomic E-state index is 4.81. The van der Waals surface area contributed by atoms with Crippen LogP contribution in [0.4, 0.5) is 17.3 Å². The summed E-state index contributed by atoms with van der Waals surface area (Å²) < 4.78 is 1.92. The summed E-state index contributed by atoms with van der Waals surface area (Å²) in [4.78, 5) is 15.2. The third-order valence-electron chi connectivity index (χ3n) is 4.83. The molecule has 0 saturated carbocycles. The van der Waals surface area contributed by atoms with Crippen molar-refractivity contribution >= 4 is 28.2 Å². The Morgan fingerprint density at radius 2 is 1.79 bits per heavy atom. The Balaban J connectivity index is 1.56. The van der Waals surface area contributed by atoms with Crippen LogP contribution in [0.5, 0.6) is 0 Å². The summed E-state index contributed by atoms with van der Waals surface area (Å²) in [6.07, 6.45) is 8.74. The van der Waals surface area contributed by atoms with E-state index in [1.807, 2.05) is 35.3 Å². The number of nitrogens with one attached hydrogen (secondary N) is 2. The molecule has 8 heteroatoms. The van der Waals surface area contributed by atoms with Crippen LogP contribution in [0.15, 0.2) is 61.3 Å². The molecule has 4 heterocycles. The van der Waals surface area contributed by atoms with Crippen molar-refractivity contribution in [1.29, 1.82) is 0 Å². The quantitative estimate of drug-likeness (QED) is 0.569. The highest BCUT2D eigenvalue weighted by molar-refractivity contribution is 5.92. The van der Waals surface area contributed by atoms with Crippen LogP contribution < -0.4 is 15.5 Å². The van der Waals surface area contributed by atoms with Gasteiger partial charge in [0.25, 0.3) is 0 Å². The minimum absolute atomic E-state index is 0.658. The van der Waals surface area contributed by atoms with Gasteiger partial charge in [-0.25, -0.2) is 9.67 Å². The van der Waals surface area contributed by atoms with Crippen molar-refractivity contribution in [2.75, 3.05) is 36.4 Å². The molecule has 1 aliphatic heterocycles. The lowest BCUT2D eigenvalue weighted by Crippen LogP contribution is -2.43. The standard InChI is InChI=1S/C20H20N8/c1-2-4-18-17(3-1)20(25-19-14-22-5-6-24-19)26-28(18)16-11-15(12-23-13-16)27-9-7-21-8-10-27/h1-6,11-14,21H,7-10H2,(H,24,25,26). The van der Waals surface area contributed by atoms with Gasteiger partial charge in [-0.15, -0.1) is 5.10 Å². The molecule has 1 aliphatic rings. The number of pyridine rings is 1. The second-order valence-electron chi connectivity index (χ2n) is 6.63. The van der Waals surface area contributed by atoms with E-state index in [1.54, 1.807) is 18.6 Å². The van der Waals surface area contributed by atoms with E-state index in [9.17, 15) is 0 Å². The average molecular weight is 372 g/mol. The molecule has 1 aromatic carbocycles. The fourth-order valence-corrected chi connectivity index (χ4v) is 3.47. The van der Waals surface area contributed by atoms with Crippen molar-refractivity contribution in [2.45, 2.75) is 0 Å². The maximum Gasteiger partial charge on any atom is 0.162 e. The number of anilines is 3. The van der Waals surface area contributed by atoms with Gasteiger partial charge in [-0.3, -0.25) is 9.97 Å². The van der Waals surface area contributed by atoms with Gasteiger partial charge >= 0.3 is 0 Å². The Morgan fingerprint density at radius 1 is 0.929 bits per heavy atom. The molecule has 28 heavy (non-hydrogen) atoms. The van der Waals surface area contributed by atoms with Crippen LogP contribution in [0.3, 0.4) is 0 Å². The van der Waals surface area contributed by atoms with Crippen LogP contribution in [-0.4, -0.2) is 50.9 Å². The van der Waals surface area contributed by atoms with Gasteiger partial charge in [0.05, 0.1) is 35.5 Å². The first-order chi connectivity index (χ1) is 13.9. The van der Waals surface area contributed by atoms with Crippen molar-refractivity contribution in [3.8, 4) is 5.69 Å². The van der Waals surface area contributed by atoms with Gasteiger partial charge in [-0.05, 0) is 18.2 Å². The molecule has 0 amide bonds. The molecule has 1 fully saturated rings. The normalized spacial score (nSPS) is 14.4. The van der Waals surface area contributed by atoms with Crippen LogP contribution in [0.25, 0.3) is 16.6 Å². The highest BCUT2D eigenvalue weighted by Crippen LogP contribution is 2.28. The molecule has 0 bridgehead atoms. The van der Waals surface area contributed by atoms with Crippen LogP contribution in [-0.2, 0) is 0 Å². The van der Waals surface area contributed by atoms with Crippen molar-refractivity contribution in [1.82, 2.24) is 30.0 Å². The lowest BCUT2D eigenvalue weighted by atomic mass is 10.2. The van der Waals surface area contributed by atoms with Gasteiger partial charge in [0, 0.05) is 44.0 Å². The van der Waals surface area contributed by atoms with Crippen LogP contribution in [0.2, 0.25) is 0 Å². The zero-order chi connectivity index (χ0) is 18.8. The number of aromatic nitrogens is 5. The summed E-state index contributed by atoms with van der Waals surface area (Å²) in [5.74, 6) is 1.40. The fraction of sp³-hybridized carbons (Fsp3) is 0.200. The minimum atomic E-state index is 0.658. The number of nitrogens with zero attached hydrogens (tertiary/aromatic N) is 6. The minimum Gasteiger partial charge on any atom is -0.368 e. The molecule has 0 atom stereocenters. The molecule has 3 aromatic heterocycles. The molecule has 0 unspecified atom stereocenters. The third kappa shape index (κ3) is 3.14. The Labute approximate surface area is 162 Å². The van der Waals surface area contributed by atoms with E-state index in [-0.39, 0.29) is 0 Å². The van der Waals surface area contributed by atoms with Gasteiger partial charge in [0.1, 0.15) is 5.82 Å². The first-order valence-electron chi connectivity index (χ1n) is 9.30. The fourth-order valence-electron chi connectivity index (χ4n) is 3.47. The number of benzene rings is 1. The number of piperazine rings is 1. The van der Waals surface area contributed by atoms with Crippen molar-refractivity contribution in [2.24, 2.45) is 0 Å². The predicted octanol–water partition coefficient (Wildman–Crippen LogP) is 2.36. The van der Waals surface area contributed by atoms with Crippen molar-refractivity contribution < 1.29 is 0 Å². The Kier molecular flexibility index (Phi) is 4.30. The molecule has 8 nitrogen and oxygen atoms in total. The molecule has 0 radical (unpaired) electrons. The summed E-state index contributed by atoms with van der Waals surface area (Å²) in [5, 5.41) is 12.5. The van der Waals surface area contributed by atoms with Gasteiger partial charge in [0.2, 0.25) is 0 Å². The van der Waals surface area contributed by atoms with Crippen LogP contribution in [0.1, 0.15) is 0 Å². The van der Waals surface area contributed by atoms with Crippen molar-refractivity contribution in [3.05, 3.63) is 61.3 Å². The maximum absolute atomic E-state index is 4.81. The Bertz CT molecular complexity index is 1090. The number of hydrogen-bond acceptors (Lipinski definition) is 7. The monoisotopic (exact) mass is 372 g/mol. The van der Waals surface area contributed by atoms with E-state index >= 15 is 0 Å². The van der Waals surface area contributed by atoms with E-state index < -0.39 is 0 Å². The van der Waals surface area contributed by atoms with E-state index in [0.717, 1.165) is 54.3 Å². The van der Waals surface area contributed by atoms with E-state index in [4.69, 9.17) is 5.10 Å². The largest absolute Gasteiger partial charge is 0.368 e. The molecular weight excluding hydrogens is 352 g/mol. The summed E-state index contributed by atoms with van der Waals surface area (Å²) in [7, 11) is 0. The lowest BCUT2D eigenvalue weighted by molar-refractivity contribution is 0.588. The summed E-state index contributed by atoms with van der Waals surface area (Å²) in [5.41, 5.74) is 3.05. The number of para-hydroxylation sites is 1. The van der Waals surface area contributed by atoms with E-state index in [1.165, 1.54) is 0 Å². The molecule has 4 aromatic rings. The van der Waals surface area contributed by atoms with E-state index in [0.29, 0.717) is 5.82 Å². The first kappa shape index (κ1) is 16.6. The summed E-state index contributed by atoms with van der Waals surface area (Å²) >= 11 is 0. The highest BCUT2D eigenvalue weighted by atomic mass is 15.3. The van der Waals surface area contributed by atoms with Crippen LogP contribution in [0, 0.1) is 0 Å². The molecule has 1 saturated heterocycles. The second-order valence-corrected chi connectivity index (χ2v) is 6.63. The average Bonchev–Trinajstić information content (AvgIpc) is 3.14. The predicted molar refractivity (Wildman–Crippen MR) is 109 cm³/mol. The molecule has 0 aliphatic carbocycles. The molecule has 5 rings (SSSR count). The van der Waals surface area contributed by atoms with Gasteiger partial charge in [-0.2, -0.15) is 0 Å². The van der Waals surface area contributed by atoms with Crippen molar-refractivity contribution in [3.63, 3.8) is 0 Å². The molecule has 0 spiro atoms. The van der Waals surface area contributed by atoms with Gasteiger partial charge in [0.15, 0.2) is 5.82 Å². The second kappa shape index (κ2) is 7.24. The molecule has 2 N–H and O–H groups in total. The zero-order valence-electron chi connectivity index (χ0n) is 15.3. The highest BCUT2D eigenvalue weighted by Gasteiger charge is 2.15. The SMILES string of the molecule is c1ccc2c(c1)c(Nc1cnccn1)nn2-c1cncc(N2CCNCC2)c1. The number of fused-ring (bicyclic) bond motifs is 1. The smallest absolute Gasteiger partial charge is 0.162 e. The van der Waals surface area contributed by atoms with Crippen LogP contribution >= 0.6 is 0 Å². The lowest BCUT2D eigenvalue weighted by Gasteiger charge is -2.29. The Hall–Kier alpha value is -3.52. The summed E-state index contributed by atoms with van der Waals surface area (Å²) in [6.45, 7) is 3.93. The topological polar surface area (TPSA) is 83.8 Å². The molecular formula is C20H20N8. The Morgan fingerprint density at radius 3 is 2.64 bits per heavy atom.